The molecule has 3 aromatic rings. The molecule has 5 nitrogen and oxygen atoms in total. The SMILES string of the molecule is CC.CC=O.CN.CNCC(O)CCCc1ccc(C(C)/C=C(\CCC(C)Cc2ccc(C)cc2)c2cc(Cl)ccc2C)cc1.CO. The highest BCUT2D eigenvalue weighted by molar-refractivity contribution is 6.30. The highest BCUT2D eigenvalue weighted by Gasteiger charge is 2.13. The Morgan fingerprint density at radius 3 is 2.02 bits per heavy atom. The van der Waals surface area contributed by atoms with Crippen LogP contribution in [-0.4, -0.2) is 50.4 Å². The summed E-state index contributed by atoms with van der Waals surface area (Å²) in [7, 11) is 4.38. The number of likely N-dealkylation sites (N-methyl/N-ethyl adjacent to an activating group) is 1. The van der Waals surface area contributed by atoms with Gasteiger partial charge in [-0.05, 0) is 131 Å². The summed E-state index contributed by atoms with van der Waals surface area (Å²) in [6, 6.07) is 24.2. The largest absolute Gasteiger partial charge is 0.400 e. The molecule has 47 heavy (non-hydrogen) atoms. The van der Waals surface area contributed by atoms with Crippen LogP contribution in [-0.2, 0) is 17.6 Å². The number of allylic oxidation sites excluding steroid dienone is 2. The van der Waals surface area contributed by atoms with E-state index in [-0.39, 0.29) is 6.10 Å². The molecule has 5 N–H and O–H groups in total. The lowest BCUT2D eigenvalue weighted by Gasteiger charge is -2.18. The number of hydrogen-bond donors (Lipinski definition) is 4. The van der Waals surface area contributed by atoms with E-state index >= 15 is 0 Å². The fraction of sp³-hybridized carbons (Fsp3) is 0.488. The zero-order valence-corrected chi connectivity index (χ0v) is 31.7. The molecule has 3 atom stereocenters. The number of nitrogens with two attached hydrogens (primary N) is 1. The molecule has 0 aliphatic rings. The van der Waals surface area contributed by atoms with Crippen molar-refractivity contribution in [2.24, 2.45) is 11.7 Å². The summed E-state index contributed by atoms with van der Waals surface area (Å²) in [5.41, 5.74) is 13.8. The first kappa shape index (κ1) is 46.3. The topological polar surface area (TPSA) is 95.6 Å². The Labute approximate surface area is 292 Å². The molecule has 0 saturated heterocycles. The molecule has 0 aliphatic carbocycles. The van der Waals surface area contributed by atoms with E-state index in [1.54, 1.807) is 0 Å². The lowest BCUT2D eigenvalue weighted by atomic mass is 9.87. The van der Waals surface area contributed by atoms with Crippen molar-refractivity contribution in [1.29, 1.82) is 0 Å². The monoisotopic (exact) mass is 668 g/mol. The number of rotatable bonds is 14. The molecule has 0 bridgehead atoms. The minimum absolute atomic E-state index is 0.266. The number of aliphatic hydroxyl groups excluding tert-OH is 2. The standard InChI is InChI=1S/C35H46ClNO.C2H4O.C2H6.CH5N.CH4O/c1-25-9-13-30(14-10-25)21-26(2)11-17-32(35-23-33(36)20-12-27(35)3)22-28(4)31-18-15-29(16-19-31)7-6-8-34(38)24-37-5;1-2-3;3*1-2/h9-10,12-16,18-20,22-23,26,28,34,37-38H,6-8,11,17,21,24H2,1-5H3;2H,1H3;1-2H3;2H2,1H3;2H,1H3/b32-22+;;;;. The highest BCUT2D eigenvalue weighted by atomic mass is 35.5. The molecule has 0 heterocycles. The van der Waals surface area contributed by atoms with Crippen LogP contribution in [0.1, 0.15) is 99.6 Å². The average molecular weight is 669 g/mol. The van der Waals surface area contributed by atoms with Crippen molar-refractivity contribution in [3.05, 3.63) is 111 Å². The number of aryl methyl sites for hydroxylation is 3. The minimum Gasteiger partial charge on any atom is -0.400 e. The van der Waals surface area contributed by atoms with Gasteiger partial charge in [0.2, 0.25) is 0 Å². The number of carbonyl (C=O) groups is 1. The molecule has 0 radical (unpaired) electrons. The summed E-state index contributed by atoms with van der Waals surface area (Å²) in [6.07, 6.45) is 9.02. The highest BCUT2D eigenvalue weighted by Crippen LogP contribution is 2.32. The van der Waals surface area contributed by atoms with Gasteiger partial charge in [-0.3, -0.25) is 0 Å². The van der Waals surface area contributed by atoms with Crippen LogP contribution in [0, 0.1) is 19.8 Å². The first-order chi connectivity index (χ1) is 22.7. The fourth-order valence-corrected chi connectivity index (χ4v) is 5.32. The van der Waals surface area contributed by atoms with Gasteiger partial charge in [0.05, 0.1) is 6.10 Å². The third-order valence-electron chi connectivity index (χ3n) is 7.56. The number of benzene rings is 3. The average Bonchev–Trinajstić information content (AvgIpc) is 3.09. The molecule has 0 saturated carbocycles. The maximum atomic E-state index is 9.94. The molecule has 0 aromatic heterocycles. The molecule has 0 spiro atoms. The maximum absolute atomic E-state index is 9.94. The summed E-state index contributed by atoms with van der Waals surface area (Å²) in [5.74, 6) is 0.907. The van der Waals surface area contributed by atoms with Gasteiger partial charge in [-0.2, -0.15) is 0 Å². The molecule has 0 aliphatic heterocycles. The maximum Gasteiger partial charge on any atom is 0.116 e. The van der Waals surface area contributed by atoms with Gasteiger partial charge in [0.1, 0.15) is 6.29 Å². The molecule has 3 rings (SSSR count). The van der Waals surface area contributed by atoms with Gasteiger partial charge < -0.3 is 26.1 Å². The van der Waals surface area contributed by atoms with E-state index in [2.05, 4.69) is 105 Å². The molecular formula is C41H65ClN2O3. The van der Waals surface area contributed by atoms with Gasteiger partial charge >= 0.3 is 0 Å². The van der Waals surface area contributed by atoms with Crippen LogP contribution in [0.15, 0.2) is 72.8 Å². The Kier molecular flexibility index (Phi) is 28.9. The van der Waals surface area contributed by atoms with Gasteiger partial charge in [0.15, 0.2) is 0 Å². The molecule has 3 unspecified atom stereocenters. The van der Waals surface area contributed by atoms with Crippen molar-refractivity contribution in [3.8, 4) is 0 Å². The van der Waals surface area contributed by atoms with Crippen LogP contribution in [0.25, 0.3) is 5.57 Å². The van der Waals surface area contributed by atoms with Gasteiger partial charge in [-0.1, -0.05) is 106 Å². The molecule has 264 valence electrons. The van der Waals surface area contributed by atoms with Crippen LogP contribution in [0.2, 0.25) is 5.02 Å². The summed E-state index contributed by atoms with van der Waals surface area (Å²) in [6.45, 7) is 15.1. The third kappa shape index (κ3) is 20.2. The number of aldehydes is 1. The van der Waals surface area contributed by atoms with E-state index < -0.39 is 0 Å². The van der Waals surface area contributed by atoms with Gasteiger partial charge in [-0.15, -0.1) is 0 Å². The van der Waals surface area contributed by atoms with E-state index in [0.29, 0.717) is 18.4 Å². The summed E-state index contributed by atoms with van der Waals surface area (Å²) >= 11 is 6.45. The molecule has 0 fully saturated rings. The van der Waals surface area contributed by atoms with E-state index in [1.165, 1.54) is 52.9 Å². The first-order valence-electron chi connectivity index (χ1n) is 17.0. The Morgan fingerprint density at radius 1 is 0.915 bits per heavy atom. The van der Waals surface area contributed by atoms with Crippen molar-refractivity contribution in [3.63, 3.8) is 0 Å². The van der Waals surface area contributed by atoms with E-state index in [0.717, 1.165) is 56.9 Å². The number of halogens is 1. The first-order valence-corrected chi connectivity index (χ1v) is 17.4. The second-order valence-electron chi connectivity index (χ2n) is 11.4. The van der Waals surface area contributed by atoms with Crippen molar-refractivity contribution < 1.29 is 15.0 Å². The fourth-order valence-electron chi connectivity index (χ4n) is 5.14. The van der Waals surface area contributed by atoms with Crippen molar-refractivity contribution in [2.75, 3.05) is 27.7 Å². The molecule has 3 aromatic carbocycles. The summed E-state index contributed by atoms with van der Waals surface area (Å²) in [5, 5.41) is 20.8. The summed E-state index contributed by atoms with van der Waals surface area (Å²) in [4.78, 5) is 8.81. The normalized spacial score (nSPS) is 12.3. The van der Waals surface area contributed by atoms with E-state index in [9.17, 15) is 5.11 Å². The lowest BCUT2D eigenvalue weighted by molar-refractivity contribution is -0.106. The molecule has 6 heteroatoms. The Hall–Kier alpha value is -2.80. The lowest BCUT2D eigenvalue weighted by Crippen LogP contribution is -2.23. The quantitative estimate of drug-likeness (QED) is 0.129. The number of nitrogens with one attached hydrogen (secondary N) is 1. The van der Waals surface area contributed by atoms with Crippen LogP contribution in [0.3, 0.4) is 0 Å². The van der Waals surface area contributed by atoms with Gasteiger partial charge in [0.25, 0.3) is 0 Å². The van der Waals surface area contributed by atoms with Crippen LogP contribution < -0.4 is 11.1 Å². The van der Waals surface area contributed by atoms with Gasteiger partial charge in [0, 0.05) is 18.7 Å². The molecular weight excluding hydrogens is 604 g/mol. The second-order valence-corrected chi connectivity index (χ2v) is 11.8. The van der Waals surface area contributed by atoms with Crippen LogP contribution in [0.5, 0.6) is 0 Å². The smallest absolute Gasteiger partial charge is 0.116 e. The van der Waals surface area contributed by atoms with Crippen LogP contribution >= 0.6 is 11.6 Å². The molecule has 0 amide bonds. The van der Waals surface area contributed by atoms with Gasteiger partial charge in [-0.25, -0.2) is 0 Å². The van der Waals surface area contributed by atoms with Crippen molar-refractivity contribution in [2.45, 2.75) is 99.0 Å². The van der Waals surface area contributed by atoms with E-state index in [1.807, 2.05) is 27.0 Å². The van der Waals surface area contributed by atoms with E-state index in [4.69, 9.17) is 21.5 Å². The zero-order chi connectivity index (χ0) is 36.2. The van der Waals surface area contributed by atoms with Crippen molar-refractivity contribution in [1.82, 2.24) is 5.32 Å². The minimum atomic E-state index is -0.266. The predicted molar refractivity (Wildman–Crippen MR) is 207 cm³/mol. The summed E-state index contributed by atoms with van der Waals surface area (Å²) < 4.78 is 0. The number of hydrogen-bond acceptors (Lipinski definition) is 5. The van der Waals surface area contributed by atoms with Crippen LogP contribution in [0.4, 0.5) is 0 Å². The number of carbonyl (C=O) groups excluding carboxylic acids is 1. The zero-order valence-electron chi connectivity index (χ0n) is 30.9. The Balaban J connectivity index is 0. The third-order valence-corrected chi connectivity index (χ3v) is 7.79. The predicted octanol–water partition coefficient (Wildman–Crippen LogP) is 9.12. The Morgan fingerprint density at radius 2 is 1.47 bits per heavy atom. The number of aliphatic hydroxyl groups is 2. The second kappa shape index (κ2) is 29.3. The Bertz CT molecular complexity index is 1210. The van der Waals surface area contributed by atoms with Crippen molar-refractivity contribution >= 4 is 23.5 Å².